The van der Waals surface area contributed by atoms with Crippen molar-refractivity contribution < 1.29 is 23.4 Å². The molecule has 0 radical (unpaired) electrons. The maximum Gasteiger partial charge on any atom is 0.303 e. The van der Waals surface area contributed by atoms with Crippen molar-refractivity contribution in [2.45, 2.75) is 25.7 Å². The highest BCUT2D eigenvalue weighted by Gasteiger charge is 2.21. The summed E-state index contributed by atoms with van der Waals surface area (Å²) >= 11 is 0. The molecule has 0 amide bonds. The highest BCUT2D eigenvalue weighted by molar-refractivity contribution is 5.66. The van der Waals surface area contributed by atoms with E-state index in [2.05, 4.69) is 4.90 Å². The lowest BCUT2D eigenvalue weighted by molar-refractivity contribution is -0.137. The monoisotopic (exact) mass is 342 g/mol. The molecule has 0 bridgehead atoms. The molecule has 24 heavy (non-hydrogen) atoms. The summed E-state index contributed by atoms with van der Waals surface area (Å²) in [6, 6.07) is 2.43. The summed E-state index contributed by atoms with van der Waals surface area (Å²) in [6.45, 7) is 3.04. The molecule has 1 heterocycles. The fraction of sp³-hybridized carbons (Fsp3) is 0.588. The van der Waals surface area contributed by atoms with E-state index >= 15 is 0 Å². The number of likely N-dealkylation sites (N-methyl/N-ethyl adjacent to an activating group) is 1. The number of hydrogen-bond donors (Lipinski definition) is 1. The zero-order valence-electron chi connectivity index (χ0n) is 13.9. The van der Waals surface area contributed by atoms with Gasteiger partial charge in [-0.25, -0.2) is 8.78 Å². The Bertz CT molecular complexity index is 538. The van der Waals surface area contributed by atoms with Crippen LogP contribution in [0.25, 0.3) is 0 Å². The molecule has 0 aliphatic carbocycles. The lowest BCUT2D eigenvalue weighted by Gasteiger charge is -2.34. The molecule has 1 aliphatic rings. The van der Waals surface area contributed by atoms with Crippen LogP contribution in [-0.2, 0) is 4.79 Å². The van der Waals surface area contributed by atoms with Gasteiger partial charge < -0.3 is 19.6 Å². The number of unbranched alkanes of at least 4 members (excludes halogenated alkanes) is 2. The molecule has 1 aliphatic heterocycles. The number of piperazine rings is 1. The van der Waals surface area contributed by atoms with Crippen molar-refractivity contribution in [2.24, 2.45) is 0 Å². The number of nitrogens with zero attached hydrogens (tertiary/aromatic N) is 2. The van der Waals surface area contributed by atoms with Gasteiger partial charge in [-0.15, -0.1) is 0 Å². The highest BCUT2D eigenvalue weighted by atomic mass is 19.1. The van der Waals surface area contributed by atoms with Gasteiger partial charge in [-0.2, -0.15) is 0 Å². The first-order chi connectivity index (χ1) is 11.5. The van der Waals surface area contributed by atoms with Crippen LogP contribution >= 0.6 is 0 Å². The summed E-state index contributed by atoms with van der Waals surface area (Å²) in [5, 5.41) is 8.54. The Balaban J connectivity index is 1.86. The maximum atomic E-state index is 14.3. The molecule has 1 saturated heterocycles. The van der Waals surface area contributed by atoms with E-state index in [0.717, 1.165) is 13.1 Å². The zero-order chi connectivity index (χ0) is 17.5. The number of carboxylic acids is 1. The lowest BCUT2D eigenvalue weighted by atomic mass is 10.2. The van der Waals surface area contributed by atoms with Gasteiger partial charge in [0.15, 0.2) is 11.6 Å². The second kappa shape index (κ2) is 8.82. The average Bonchev–Trinajstić information content (AvgIpc) is 2.51. The molecule has 1 fully saturated rings. The summed E-state index contributed by atoms with van der Waals surface area (Å²) < 4.78 is 33.9. The van der Waals surface area contributed by atoms with Crippen LogP contribution in [-0.4, -0.2) is 55.8 Å². The second-order valence-corrected chi connectivity index (χ2v) is 6.08. The standard InChI is InChI=1S/C17H24F2N2O3/c1-20-6-8-21(9-7-20)17-14(18)11-13(12-15(17)19)24-10-4-2-3-5-16(22)23/h11-12H,2-10H2,1H3,(H,22,23). The largest absolute Gasteiger partial charge is 0.493 e. The normalized spacial score (nSPS) is 15.5. The van der Waals surface area contributed by atoms with Crippen LogP contribution in [0.5, 0.6) is 5.75 Å². The highest BCUT2D eigenvalue weighted by Crippen LogP contribution is 2.29. The smallest absolute Gasteiger partial charge is 0.303 e. The SMILES string of the molecule is CN1CCN(c2c(F)cc(OCCCCCC(=O)O)cc2F)CC1. The van der Waals surface area contributed by atoms with E-state index in [9.17, 15) is 13.6 Å². The molecule has 5 nitrogen and oxygen atoms in total. The minimum Gasteiger partial charge on any atom is -0.493 e. The lowest BCUT2D eigenvalue weighted by Crippen LogP contribution is -2.45. The zero-order valence-corrected chi connectivity index (χ0v) is 13.9. The Hall–Kier alpha value is -1.89. The van der Waals surface area contributed by atoms with Gasteiger partial charge in [0.1, 0.15) is 11.4 Å². The Morgan fingerprint density at radius 3 is 2.33 bits per heavy atom. The van der Waals surface area contributed by atoms with Crippen molar-refractivity contribution in [3.05, 3.63) is 23.8 Å². The Labute approximate surface area is 140 Å². The molecule has 0 unspecified atom stereocenters. The molecule has 1 N–H and O–H groups in total. The predicted octanol–water partition coefficient (Wildman–Crippen LogP) is 2.74. The predicted molar refractivity (Wildman–Crippen MR) is 87.7 cm³/mol. The molecule has 2 rings (SSSR count). The van der Waals surface area contributed by atoms with Gasteiger partial charge in [-0.05, 0) is 26.3 Å². The van der Waals surface area contributed by atoms with Gasteiger partial charge in [0.05, 0.1) is 6.61 Å². The van der Waals surface area contributed by atoms with E-state index in [1.54, 1.807) is 4.90 Å². The molecule has 134 valence electrons. The second-order valence-electron chi connectivity index (χ2n) is 6.08. The molecular formula is C17H24F2N2O3. The van der Waals surface area contributed by atoms with Gasteiger partial charge in [0.2, 0.25) is 0 Å². The topological polar surface area (TPSA) is 53.0 Å². The number of carbonyl (C=O) groups is 1. The van der Waals surface area contributed by atoms with Crippen molar-refractivity contribution in [2.75, 3.05) is 44.7 Å². The van der Waals surface area contributed by atoms with Crippen LogP contribution in [0.15, 0.2) is 12.1 Å². The van der Waals surface area contributed by atoms with E-state index in [0.29, 0.717) is 39.0 Å². The van der Waals surface area contributed by atoms with Crippen molar-refractivity contribution in [3.8, 4) is 5.75 Å². The third-order valence-electron chi connectivity index (χ3n) is 4.11. The minimum atomic E-state index is -0.820. The Morgan fingerprint density at radius 2 is 1.75 bits per heavy atom. The van der Waals surface area contributed by atoms with Crippen LogP contribution in [0.3, 0.4) is 0 Å². The number of halogens is 2. The van der Waals surface area contributed by atoms with Crippen molar-refractivity contribution in [1.29, 1.82) is 0 Å². The van der Waals surface area contributed by atoms with Crippen molar-refractivity contribution in [1.82, 2.24) is 4.90 Å². The molecular weight excluding hydrogens is 318 g/mol. The van der Waals surface area contributed by atoms with Gasteiger partial charge in [-0.3, -0.25) is 4.79 Å². The Morgan fingerprint density at radius 1 is 1.12 bits per heavy atom. The molecule has 0 spiro atoms. The van der Waals surface area contributed by atoms with Gasteiger partial charge >= 0.3 is 5.97 Å². The molecule has 0 aromatic heterocycles. The fourth-order valence-electron chi connectivity index (χ4n) is 2.70. The summed E-state index contributed by atoms with van der Waals surface area (Å²) in [4.78, 5) is 14.2. The third-order valence-corrected chi connectivity index (χ3v) is 4.11. The number of carboxylic acid groups (broad SMARTS) is 1. The van der Waals surface area contributed by atoms with Crippen LogP contribution in [0.1, 0.15) is 25.7 Å². The average molecular weight is 342 g/mol. The fourth-order valence-corrected chi connectivity index (χ4v) is 2.70. The number of aliphatic carboxylic acids is 1. The first-order valence-corrected chi connectivity index (χ1v) is 8.24. The minimum absolute atomic E-state index is 0.0110. The molecule has 1 aromatic rings. The van der Waals surface area contributed by atoms with Gasteiger partial charge in [-0.1, -0.05) is 0 Å². The number of hydrogen-bond acceptors (Lipinski definition) is 4. The molecule has 1 aromatic carbocycles. The van der Waals surface area contributed by atoms with Crippen LogP contribution < -0.4 is 9.64 Å². The van der Waals surface area contributed by atoms with E-state index < -0.39 is 17.6 Å². The first-order valence-electron chi connectivity index (χ1n) is 8.24. The van der Waals surface area contributed by atoms with Crippen LogP contribution in [0, 0.1) is 11.6 Å². The molecule has 0 atom stereocenters. The Kier molecular flexibility index (Phi) is 6.78. The molecule has 7 heteroatoms. The van der Waals surface area contributed by atoms with E-state index in [-0.39, 0.29) is 17.9 Å². The molecule has 0 saturated carbocycles. The van der Waals surface area contributed by atoms with Gasteiger partial charge in [0, 0.05) is 44.7 Å². The van der Waals surface area contributed by atoms with Crippen LogP contribution in [0.2, 0.25) is 0 Å². The summed E-state index contributed by atoms with van der Waals surface area (Å²) in [5.74, 6) is -1.87. The number of anilines is 1. The van der Waals surface area contributed by atoms with Crippen LogP contribution in [0.4, 0.5) is 14.5 Å². The maximum absolute atomic E-state index is 14.3. The van der Waals surface area contributed by atoms with Gasteiger partial charge in [0.25, 0.3) is 0 Å². The van der Waals surface area contributed by atoms with Crippen molar-refractivity contribution >= 4 is 11.7 Å². The number of rotatable bonds is 8. The van der Waals surface area contributed by atoms with Crippen molar-refractivity contribution in [3.63, 3.8) is 0 Å². The summed E-state index contributed by atoms with van der Waals surface area (Å²) in [5.41, 5.74) is 0.0110. The van der Waals surface area contributed by atoms with E-state index in [1.807, 2.05) is 7.05 Å². The first kappa shape index (κ1) is 18.4. The quantitative estimate of drug-likeness (QED) is 0.736. The summed E-state index contributed by atoms with van der Waals surface area (Å²) in [7, 11) is 1.98. The summed E-state index contributed by atoms with van der Waals surface area (Å²) in [6.07, 6.45) is 2.06. The van der Waals surface area contributed by atoms with E-state index in [4.69, 9.17) is 9.84 Å². The number of ether oxygens (including phenoxy) is 1. The third kappa shape index (κ3) is 5.33. The van der Waals surface area contributed by atoms with E-state index in [1.165, 1.54) is 12.1 Å². The number of benzene rings is 1.